The summed E-state index contributed by atoms with van der Waals surface area (Å²) < 4.78 is 0. The molecule has 0 aromatic heterocycles. The molecule has 0 bridgehead atoms. The first-order valence-corrected chi connectivity index (χ1v) is 7.91. The lowest BCUT2D eigenvalue weighted by atomic mass is 10.0. The molecule has 0 saturated carbocycles. The van der Waals surface area contributed by atoms with Crippen LogP contribution in [0.2, 0.25) is 0 Å². The number of benzene rings is 1. The van der Waals surface area contributed by atoms with Crippen LogP contribution in [0.4, 0.5) is 0 Å². The molecule has 1 unspecified atom stereocenters. The summed E-state index contributed by atoms with van der Waals surface area (Å²) in [6, 6.07) is 7.88. The van der Waals surface area contributed by atoms with Crippen LogP contribution < -0.4 is 5.32 Å². The molecule has 0 spiro atoms. The van der Waals surface area contributed by atoms with Gasteiger partial charge >= 0.3 is 0 Å². The number of nitrogens with one attached hydrogen (secondary N) is 1. The number of rotatable bonds is 7. The van der Waals surface area contributed by atoms with Crippen molar-refractivity contribution in [2.24, 2.45) is 0 Å². The van der Waals surface area contributed by atoms with E-state index in [1.54, 1.807) is 0 Å². The number of hydrogen-bond donors (Lipinski definition) is 1. The second-order valence-corrected chi connectivity index (χ2v) is 6.82. The van der Waals surface area contributed by atoms with E-state index in [4.69, 9.17) is 0 Å². The zero-order valence-electron chi connectivity index (χ0n) is 15.1. The van der Waals surface area contributed by atoms with Crippen LogP contribution in [-0.2, 0) is 4.79 Å². The Bertz CT molecular complexity index is 497. The number of aryl methyl sites for hydroxylation is 1. The minimum absolute atomic E-state index is 0.0492. The highest BCUT2D eigenvalue weighted by molar-refractivity contribution is 5.83. The van der Waals surface area contributed by atoms with Crippen molar-refractivity contribution in [3.8, 4) is 0 Å². The molecule has 22 heavy (non-hydrogen) atoms. The number of likely N-dealkylation sites (N-methyl/N-ethyl adjacent to an activating group) is 2. The highest BCUT2D eigenvalue weighted by Gasteiger charge is 2.27. The maximum Gasteiger partial charge on any atom is 0.242 e. The van der Waals surface area contributed by atoms with Gasteiger partial charge in [0.25, 0.3) is 0 Å². The summed E-state index contributed by atoms with van der Waals surface area (Å²) in [6.45, 7) is 10.1. The van der Waals surface area contributed by atoms with Gasteiger partial charge in [-0.05, 0) is 54.0 Å². The van der Waals surface area contributed by atoms with E-state index >= 15 is 0 Å². The molecule has 1 atom stereocenters. The number of amides is 1. The van der Waals surface area contributed by atoms with Crippen molar-refractivity contribution in [1.82, 2.24) is 15.1 Å². The van der Waals surface area contributed by atoms with Crippen molar-refractivity contribution >= 4 is 5.91 Å². The van der Waals surface area contributed by atoms with Crippen LogP contribution in [0.25, 0.3) is 0 Å². The largest absolute Gasteiger partial charge is 0.353 e. The van der Waals surface area contributed by atoms with Crippen LogP contribution >= 0.6 is 0 Å². The third-order valence-corrected chi connectivity index (χ3v) is 4.33. The lowest BCUT2D eigenvalue weighted by Gasteiger charge is -2.36. The van der Waals surface area contributed by atoms with Crippen LogP contribution in [-0.4, -0.2) is 55.5 Å². The number of hydrogen-bond acceptors (Lipinski definition) is 3. The summed E-state index contributed by atoms with van der Waals surface area (Å²) >= 11 is 0. The van der Waals surface area contributed by atoms with Gasteiger partial charge in [-0.25, -0.2) is 0 Å². The Balaban J connectivity index is 2.83. The minimum Gasteiger partial charge on any atom is -0.353 e. The maximum absolute atomic E-state index is 12.7. The minimum atomic E-state index is -0.261. The summed E-state index contributed by atoms with van der Waals surface area (Å²) in [4.78, 5) is 16.9. The van der Waals surface area contributed by atoms with Gasteiger partial charge < -0.3 is 5.32 Å². The summed E-state index contributed by atoms with van der Waals surface area (Å²) in [5.74, 6) is 0.0492. The zero-order chi connectivity index (χ0) is 16.9. The van der Waals surface area contributed by atoms with Gasteiger partial charge in [0.2, 0.25) is 5.91 Å². The quantitative estimate of drug-likeness (QED) is 0.840. The molecule has 0 aliphatic heterocycles. The normalized spacial score (nSPS) is 13.5. The van der Waals surface area contributed by atoms with Crippen molar-refractivity contribution in [3.63, 3.8) is 0 Å². The number of carbonyl (C=O) groups excluding carboxylic acids is 1. The average molecular weight is 305 g/mol. The number of nitrogens with zero attached hydrogens (tertiary/aromatic N) is 2. The van der Waals surface area contributed by atoms with Crippen molar-refractivity contribution in [3.05, 3.63) is 35.4 Å². The van der Waals surface area contributed by atoms with Crippen molar-refractivity contribution in [2.75, 3.05) is 34.2 Å². The Morgan fingerprint density at radius 1 is 1.27 bits per heavy atom. The summed E-state index contributed by atoms with van der Waals surface area (Å²) in [5, 5.41) is 3.12. The first-order valence-electron chi connectivity index (χ1n) is 7.91. The predicted molar refractivity (Wildman–Crippen MR) is 93.0 cm³/mol. The van der Waals surface area contributed by atoms with Gasteiger partial charge in [-0.2, -0.15) is 0 Å². The topological polar surface area (TPSA) is 35.6 Å². The molecule has 0 aliphatic carbocycles. The Morgan fingerprint density at radius 3 is 2.41 bits per heavy atom. The van der Waals surface area contributed by atoms with Crippen LogP contribution in [0.3, 0.4) is 0 Å². The molecule has 1 amide bonds. The molecule has 0 fully saturated rings. The Kier molecular flexibility index (Phi) is 6.57. The summed E-state index contributed by atoms with van der Waals surface area (Å²) in [6.07, 6.45) is 0. The third kappa shape index (κ3) is 4.82. The fraction of sp³-hybridized carbons (Fsp3) is 0.611. The van der Waals surface area contributed by atoms with E-state index < -0.39 is 0 Å². The van der Waals surface area contributed by atoms with Crippen molar-refractivity contribution < 1.29 is 4.79 Å². The van der Waals surface area contributed by atoms with Crippen molar-refractivity contribution in [2.45, 2.75) is 39.3 Å². The fourth-order valence-corrected chi connectivity index (χ4v) is 2.49. The molecule has 1 rings (SSSR count). The highest BCUT2D eigenvalue weighted by atomic mass is 16.2. The van der Waals surface area contributed by atoms with Gasteiger partial charge in [-0.3, -0.25) is 14.6 Å². The molecule has 1 aromatic carbocycles. The second-order valence-electron chi connectivity index (χ2n) is 6.82. The smallest absolute Gasteiger partial charge is 0.242 e. The van der Waals surface area contributed by atoms with Crippen LogP contribution in [0, 0.1) is 6.92 Å². The zero-order valence-corrected chi connectivity index (χ0v) is 15.1. The van der Waals surface area contributed by atoms with Gasteiger partial charge in [0.1, 0.15) is 6.04 Å². The fourth-order valence-electron chi connectivity index (χ4n) is 2.49. The van der Waals surface area contributed by atoms with E-state index in [1.807, 2.05) is 44.1 Å². The number of carbonyl (C=O) groups is 1. The predicted octanol–water partition coefficient (Wildman–Crippen LogP) is 2.44. The molecule has 1 aromatic rings. The molecule has 4 heteroatoms. The molecule has 1 N–H and O–H groups in total. The van der Waals surface area contributed by atoms with E-state index in [0.29, 0.717) is 6.54 Å². The van der Waals surface area contributed by atoms with Gasteiger partial charge in [-0.1, -0.05) is 36.8 Å². The second kappa shape index (κ2) is 7.75. The monoisotopic (exact) mass is 305 g/mol. The molecule has 0 aliphatic rings. The van der Waals surface area contributed by atoms with E-state index in [0.717, 1.165) is 12.1 Å². The van der Waals surface area contributed by atoms with E-state index in [1.165, 1.54) is 5.56 Å². The van der Waals surface area contributed by atoms with Crippen LogP contribution in [0.1, 0.15) is 37.9 Å². The third-order valence-electron chi connectivity index (χ3n) is 4.33. The molecule has 0 saturated heterocycles. The lowest BCUT2D eigenvalue weighted by Crippen LogP contribution is -2.51. The SMILES string of the molecule is CCN(C)C(C)(C)CNC(=O)C(c1cccc(C)c1)N(C)C. The average Bonchev–Trinajstić information content (AvgIpc) is 2.44. The van der Waals surface area contributed by atoms with Crippen molar-refractivity contribution in [1.29, 1.82) is 0 Å². The molecule has 0 radical (unpaired) electrons. The standard InChI is InChI=1S/C18H31N3O/c1-8-21(7)18(3,4)13-19-17(22)16(20(5)6)15-11-9-10-14(2)12-15/h9-12,16H,8,13H2,1-7H3,(H,19,22). The maximum atomic E-state index is 12.7. The van der Waals surface area contributed by atoms with Crippen LogP contribution in [0.5, 0.6) is 0 Å². The van der Waals surface area contributed by atoms with Gasteiger partial charge in [0, 0.05) is 12.1 Å². The van der Waals surface area contributed by atoms with E-state index in [-0.39, 0.29) is 17.5 Å². The Labute approximate surface area is 135 Å². The molecule has 124 valence electrons. The highest BCUT2D eigenvalue weighted by Crippen LogP contribution is 2.20. The Hall–Kier alpha value is -1.39. The summed E-state index contributed by atoms with van der Waals surface area (Å²) in [5.41, 5.74) is 2.14. The Morgan fingerprint density at radius 2 is 1.91 bits per heavy atom. The van der Waals surface area contributed by atoms with Gasteiger partial charge in [-0.15, -0.1) is 0 Å². The van der Waals surface area contributed by atoms with Gasteiger partial charge in [0.15, 0.2) is 0 Å². The van der Waals surface area contributed by atoms with Gasteiger partial charge in [0.05, 0.1) is 0 Å². The van der Waals surface area contributed by atoms with E-state index in [9.17, 15) is 4.79 Å². The molecule has 4 nitrogen and oxygen atoms in total. The molecule has 0 heterocycles. The van der Waals surface area contributed by atoms with E-state index in [2.05, 4.69) is 44.1 Å². The lowest BCUT2D eigenvalue weighted by molar-refractivity contribution is -0.126. The van der Waals surface area contributed by atoms with Crippen LogP contribution in [0.15, 0.2) is 24.3 Å². The summed E-state index contributed by atoms with van der Waals surface area (Å²) in [7, 11) is 5.96. The molecular formula is C18H31N3O. The molecular weight excluding hydrogens is 274 g/mol. The first-order chi connectivity index (χ1) is 10.2. The first kappa shape index (κ1) is 18.7.